The second-order valence-electron chi connectivity index (χ2n) is 6.27. The number of aromatic nitrogens is 2. The Morgan fingerprint density at radius 2 is 1.89 bits per heavy atom. The summed E-state index contributed by atoms with van der Waals surface area (Å²) in [7, 11) is 3.22. The maximum Gasteiger partial charge on any atom is 0.303 e. The number of hydrogen-bond acceptors (Lipinski definition) is 5. The van der Waals surface area contributed by atoms with Gasteiger partial charge in [0, 0.05) is 30.8 Å². The van der Waals surface area contributed by atoms with Crippen LogP contribution in [-0.4, -0.2) is 41.2 Å². The summed E-state index contributed by atoms with van der Waals surface area (Å²) in [6.07, 6.45) is 2.60. The molecule has 0 bridgehead atoms. The number of rotatable bonds is 8. The summed E-state index contributed by atoms with van der Waals surface area (Å²) in [6, 6.07) is 9.62. The van der Waals surface area contributed by atoms with Gasteiger partial charge in [-0.2, -0.15) is 0 Å². The zero-order valence-corrected chi connectivity index (χ0v) is 15.7. The van der Waals surface area contributed by atoms with Crippen molar-refractivity contribution in [3.05, 3.63) is 42.1 Å². The average Bonchev–Trinajstić information content (AvgIpc) is 3.02. The van der Waals surface area contributed by atoms with Gasteiger partial charge in [-0.3, -0.25) is 9.20 Å². The Labute approximate surface area is 157 Å². The molecule has 0 spiro atoms. The Balaban J connectivity index is 2.05. The maximum absolute atomic E-state index is 10.8. The zero-order valence-electron chi connectivity index (χ0n) is 15.7. The van der Waals surface area contributed by atoms with Gasteiger partial charge in [0.25, 0.3) is 0 Å². The Hall–Kier alpha value is -3.22. The van der Waals surface area contributed by atoms with Crippen molar-refractivity contribution < 1.29 is 19.4 Å². The van der Waals surface area contributed by atoms with Gasteiger partial charge in [-0.05, 0) is 43.2 Å². The minimum atomic E-state index is -0.802. The van der Waals surface area contributed by atoms with Crippen LogP contribution in [0.1, 0.15) is 18.4 Å². The minimum Gasteiger partial charge on any atom is -0.497 e. The highest BCUT2D eigenvalue weighted by Gasteiger charge is 2.16. The molecule has 7 nitrogen and oxygen atoms in total. The number of nitrogens with one attached hydrogen (secondary N) is 1. The van der Waals surface area contributed by atoms with Crippen molar-refractivity contribution in [1.82, 2.24) is 9.38 Å². The van der Waals surface area contributed by atoms with E-state index in [0.29, 0.717) is 24.5 Å². The highest BCUT2D eigenvalue weighted by Crippen LogP contribution is 2.34. The topological polar surface area (TPSA) is 85.1 Å². The summed E-state index contributed by atoms with van der Waals surface area (Å²) in [4.78, 5) is 15.5. The van der Waals surface area contributed by atoms with E-state index < -0.39 is 5.97 Å². The van der Waals surface area contributed by atoms with Crippen LogP contribution in [0.2, 0.25) is 0 Å². The number of nitrogens with zero attached hydrogens (tertiary/aromatic N) is 2. The first kappa shape index (κ1) is 18.6. The van der Waals surface area contributed by atoms with Gasteiger partial charge >= 0.3 is 5.97 Å². The predicted octanol–water partition coefficient (Wildman–Crippen LogP) is 3.60. The number of aliphatic carboxylic acids is 1. The smallest absolute Gasteiger partial charge is 0.303 e. The van der Waals surface area contributed by atoms with Crippen molar-refractivity contribution in [2.24, 2.45) is 0 Å². The largest absolute Gasteiger partial charge is 0.497 e. The van der Waals surface area contributed by atoms with E-state index in [2.05, 4.69) is 5.32 Å². The molecule has 3 aromatic rings. The number of imidazole rings is 1. The fourth-order valence-electron chi connectivity index (χ4n) is 2.91. The van der Waals surface area contributed by atoms with Crippen molar-refractivity contribution in [3.63, 3.8) is 0 Å². The first-order chi connectivity index (χ1) is 13.0. The predicted molar refractivity (Wildman–Crippen MR) is 104 cm³/mol. The van der Waals surface area contributed by atoms with Crippen LogP contribution in [0.5, 0.6) is 11.5 Å². The quantitative estimate of drug-likeness (QED) is 0.590. The van der Waals surface area contributed by atoms with E-state index in [1.807, 2.05) is 47.9 Å². The van der Waals surface area contributed by atoms with E-state index in [0.717, 1.165) is 28.3 Å². The first-order valence-electron chi connectivity index (χ1n) is 8.69. The molecule has 2 N–H and O–H groups in total. The van der Waals surface area contributed by atoms with Gasteiger partial charge in [-0.25, -0.2) is 4.98 Å². The summed E-state index contributed by atoms with van der Waals surface area (Å²) in [5, 5.41) is 12.2. The van der Waals surface area contributed by atoms with Crippen molar-refractivity contribution in [1.29, 1.82) is 0 Å². The van der Waals surface area contributed by atoms with Crippen molar-refractivity contribution in [3.8, 4) is 22.8 Å². The zero-order chi connectivity index (χ0) is 19.4. The number of carbonyl (C=O) groups is 1. The van der Waals surface area contributed by atoms with E-state index >= 15 is 0 Å². The van der Waals surface area contributed by atoms with Gasteiger partial charge in [0.15, 0.2) is 0 Å². The number of pyridine rings is 1. The highest BCUT2D eigenvalue weighted by atomic mass is 16.5. The molecule has 27 heavy (non-hydrogen) atoms. The molecule has 0 saturated heterocycles. The Morgan fingerprint density at radius 1 is 1.19 bits per heavy atom. The summed E-state index contributed by atoms with van der Waals surface area (Å²) in [6.45, 7) is 2.55. The van der Waals surface area contributed by atoms with Crippen LogP contribution in [0.3, 0.4) is 0 Å². The van der Waals surface area contributed by atoms with Gasteiger partial charge in [-0.1, -0.05) is 0 Å². The van der Waals surface area contributed by atoms with Gasteiger partial charge in [0.2, 0.25) is 0 Å². The van der Waals surface area contributed by atoms with Crippen LogP contribution in [0.25, 0.3) is 16.9 Å². The van der Waals surface area contributed by atoms with Crippen molar-refractivity contribution in [2.45, 2.75) is 19.8 Å². The summed E-state index contributed by atoms with van der Waals surface area (Å²) >= 11 is 0. The molecule has 0 aliphatic carbocycles. The molecule has 0 aliphatic rings. The molecule has 0 atom stereocenters. The highest BCUT2D eigenvalue weighted by molar-refractivity contribution is 5.78. The maximum atomic E-state index is 10.8. The third-order valence-electron chi connectivity index (χ3n) is 4.27. The molecule has 2 heterocycles. The number of methoxy groups -OCH3 is 2. The lowest BCUT2D eigenvalue weighted by Crippen LogP contribution is -2.07. The van der Waals surface area contributed by atoms with E-state index in [-0.39, 0.29) is 6.42 Å². The number of ether oxygens (including phenoxy) is 2. The lowest BCUT2D eigenvalue weighted by molar-refractivity contribution is -0.137. The van der Waals surface area contributed by atoms with Crippen LogP contribution in [-0.2, 0) is 4.79 Å². The second kappa shape index (κ2) is 7.99. The molecule has 3 rings (SSSR count). The van der Waals surface area contributed by atoms with Crippen LogP contribution >= 0.6 is 0 Å². The lowest BCUT2D eigenvalue weighted by atomic mass is 10.1. The summed E-state index contributed by atoms with van der Waals surface area (Å²) < 4.78 is 12.7. The second-order valence-corrected chi connectivity index (χ2v) is 6.27. The van der Waals surface area contributed by atoms with E-state index in [9.17, 15) is 4.79 Å². The fraction of sp³-hybridized carbons (Fsp3) is 0.300. The minimum absolute atomic E-state index is 0.116. The van der Waals surface area contributed by atoms with Gasteiger partial charge in [0.1, 0.15) is 28.7 Å². The summed E-state index contributed by atoms with van der Waals surface area (Å²) in [5.41, 5.74) is 3.54. The molecular formula is C20H23N3O4. The molecule has 142 valence electrons. The Bertz CT molecular complexity index is 943. The van der Waals surface area contributed by atoms with Crippen molar-refractivity contribution >= 4 is 17.4 Å². The molecular weight excluding hydrogens is 346 g/mol. The number of carboxylic acids is 1. The fourth-order valence-corrected chi connectivity index (χ4v) is 2.91. The molecule has 0 aliphatic heterocycles. The van der Waals surface area contributed by atoms with Crippen LogP contribution in [0.4, 0.5) is 5.82 Å². The lowest BCUT2D eigenvalue weighted by Gasteiger charge is -2.11. The third-order valence-corrected chi connectivity index (χ3v) is 4.27. The number of benzene rings is 1. The van der Waals surface area contributed by atoms with Gasteiger partial charge < -0.3 is 19.9 Å². The van der Waals surface area contributed by atoms with Gasteiger partial charge in [0.05, 0.1) is 14.2 Å². The molecule has 0 fully saturated rings. The number of anilines is 1. The molecule has 0 saturated carbocycles. The normalized spacial score (nSPS) is 10.8. The van der Waals surface area contributed by atoms with Crippen LogP contribution in [0.15, 0.2) is 36.5 Å². The molecule has 0 unspecified atom stereocenters. The van der Waals surface area contributed by atoms with Gasteiger partial charge in [-0.15, -0.1) is 0 Å². The van der Waals surface area contributed by atoms with Crippen LogP contribution < -0.4 is 14.8 Å². The number of fused-ring (bicyclic) bond motifs is 1. The third kappa shape index (κ3) is 4.13. The molecule has 2 aromatic heterocycles. The Morgan fingerprint density at radius 3 is 2.52 bits per heavy atom. The number of hydrogen-bond donors (Lipinski definition) is 2. The number of aryl methyl sites for hydroxylation is 1. The molecule has 1 aromatic carbocycles. The Kier molecular flexibility index (Phi) is 5.49. The van der Waals surface area contributed by atoms with Crippen molar-refractivity contribution in [2.75, 3.05) is 26.1 Å². The first-order valence-corrected chi connectivity index (χ1v) is 8.69. The van der Waals surface area contributed by atoms with E-state index in [4.69, 9.17) is 19.6 Å². The summed E-state index contributed by atoms with van der Waals surface area (Å²) in [5.74, 6) is 1.36. The van der Waals surface area contributed by atoms with E-state index in [1.165, 1.54) is 0 Å². The monoisotopic (exact) mass is 369 g/mol. The standard InChI is InChI=1S/C20H23N3O4/c1-13-6-8-23-17(9-13)22-19(20(23)21-7-4-5-18(24)25)14-10-15(26-2)12-16(11-14)27-3/h6,8-12,21H,4-5,7H2,1-3H3,(H,24,25). The molecule has 0 radical (unpaired) electrons. The SMILES string of the molecule is COc1cc(OC)cc(-c2nc3cc(C)ccn3c2NCCCC(=O)O)c1. The van der Waals surface area contributed by atoms with Crippen LogP contribution in [0, 0.1) is 6.92 Å². The molecule has 0 amide bonds. The average molecular weight is 369 g/mol. The molecule has 7 heteroatoms. The number of carboxylic acid groups (broad SMARTS) is 1. The van der Waals surface area contributed by atoms with E-state index in [1.54, 1.807) is 14.2 Å².